The lowest BCUT2D eigenvalue weighted by molar-refractivity contribution is -0.117. The predicted molar refractivity (Wildman–Crippen MR) is 108 cm³/mol. The minimum absolute atomic E-state index is 0.0395. The van der Waals surface area contributed by atoms with E-state index in [0.29, 0.717) is 18.9 Å². The fourth-order valence-electron chi connectivity index (χ4n) is 2.48. The van der Waals surface area contributed by atoms with E-state index in [1.165, 1.54) is 11.8 Å². The van der Waals surface area contributed by atoms with E-state index < -0.39 is 5.91 Å². The van der Waals surface area contributed by atoms with Crippen LogP contribution in [0.3, 0.4) is 0 Å². The molecule has 0 aliphatic carbocycles. The molecular weight excluding hydrogens is 338 g/mol. The van der Waals surface area contributed by atoms with Crippen LogP contribution in [0.4, 0.5) is 5.69 Å². The average Bonchev–Trinajstić information content (AvgIpc) is 2.69. The number of carbonyl (C=O) groups is 1. The van der Waals surface area contributed by atoms with Crippen molar-refractivity contribution in [3.05, 3.63) is 71.4 Å². The summed E-state index contributed by atoms with van der Waals surface area (Å²) in [4.78, 5) is 12.2. The molecule has 0 radical (unpaired) electrons. The Kier molecular flexibility index (Phi) is 7.45. The standard InChI is InChI=1S/C22H25N3O2/c1-16(2)18-6-8-20(9-7-18)25-15-19(14-23)22(26)24-13-12-17-4-10-21(27-3)11-5-17/h4-11,15-16,25H,12-13H2,1-3H3,(H,24,26)/b19-15-. The van der Waals surface area contributed by atoms with Crippen LogP contribution in [0.2, 0.25) is 0 Å². The van der Waals surface area contributed by atoms with Gasteiger partial charge in [-0.05, 0) is 47.7 Å². The van der Waals surface area contributed by atoms with Crippen molar-refractivity contribution in [2.45, 2.75) is 26.2 Å². The normalized spacial score (nSPS) is 11.0. The van der Waals surface area contributed by atoms with Crippen LogP contribution >= 0.6 is 0 Å². The predicted octanol–water partition coefficient (Wildman–Crippen LogP) is 4.00. The van der Waals surface area contributed by atoms with E-state index in [9.17, 15) is 10.1 Å². The molecule has 5 heteroatoms. The maximum atomic E-state index is 12.2. The lowest BCUT2D eigenvalue weighted by Crippen LogP contribution is -2.27. The SMILES string of the molecule is COc1ccc(CCNC(=O)/C(C#N)=C\Nc2ccc(C(C)C)cc2)cc1. The second-order valence-electron chi connectivity index (χ2n) is 6.44. The number of carbonyl (C=O) groups excluding carboxylic acids is 1. The Hall–Kier alpha value is -3.26. The second kappa shape index (κ2) is 10.0. The average molecular weight is 363 g/mol. The molecule has 1 amide bonds. The van der Waals surface area contributed by atoms with Crippen LogP contribution in [0.5, 0.6) is 5.75 Å². The van der Waals surface area contributed by atoms with Gasteiger partial charge in [-0.15, -0.1) is 0 Å². The third kappa shape index (κ3) is 6.19. The van der Waals surface area contributed by atoms with Gasteiger partial charge in [0.05, 0.1) is 7.11 Å². The molecule has 2 aromatic carbocycles. The summed E-state index contributed by atoms with van der Waals surface area (Å²) in [5.41, 5.74) is 3.19. The summed E-state index contributed by atoms with van der Waals surface area (Å²) in [6.07, 6.45) is 2.12. The van der Waals surface area contributed by atoms with Crippen molar-refractivity contribution in [1.29, 1.82) is 5.26 Å². The van der Waals surface area contributed by atoms with Gasteiger partial charge in [-0.2, -0.15) is 5.26 Å². The number of benzene rings is 2. The zero-order chi connectivity index (χ0) is 19.6. The molecule has 0 aliphatic rings. The van der Waals surface area contributed by atoms with Crippen molar-refractivity contribution in [3.63, 3.8) is 0 Å². The van der Waals surface area contributed by atoms with E-state index in [1.807, 2.05) is 54.6 Å². The zero-order valence-electron chi connectivity index (χ0n) is 16.0. The molecule has 0 saturated heterocycles. The van der Waals surface area contributed by atoms with Gasteiger partial charge < -0.3 is 15.4 Å². The number of nitriles is 1. The van der Waals surface area contributed by atoms with E-state index in [-0.39, 0.29) is 5.57 Å². The fourth-order valence-corrected chi connectivity index (χ4v) is 2.48. The molecule has 0 saturated carbocycles. The molecule has 0 spiro atoms. The largest absolute Gasteiger partial charge is 0.497 e. The maximum absolute atomic E-state index is 12.2. The van der Waals surface area contributed by atoms with Crippen molar-refractivity contribution >= 4 is 11.6 Å². The summed E-state index contributed by atoms with van der Waals surface area (Å²) in [6, 6.07) is 17.5. The number of anilines is 1. The van der Waals surface area contributed by atoms with Crippen LogP contribution in [0.25, 0.3) is 0 Å². The van der Waals surface area contributed by atoms with Crippen LogP contribution < -0.4 is 15.4 Å². The molecule has 0 unspecified atom stereocenters. The van der Waals surface area contributed by atoms with Gasteiger partial charge in [0.15, 0.2) is 0 Å². The maximum Gasteiger partial charge on any atom is 0.263 e. The van der Waals surface area contributed by atoms with Gasteiger partial charge in [-0.25, -0.2) is 0 Å². The molecular formula is C22H25N3O2. The number of methoxy groups -OCH3 is 1. The van der Waals surface area contributed by atoms with E-state index in [0.717, 1.165) is 17.0 Å². The number of rotatable bonds is 8. The first-order valence-electron chi connectivity index (χ1n) is 8.91. The Morgan fingerprint density at radius 2 is 1.81 bits per heavy atom. The summed E-state index contributed by atoms with van der Waals surface area (Å²) in [7, 11) is 1.62. The molecule has 27 heavy (non-hydrogen) atoms. The highest BCUT2D eigenvalue weighted by Gasteiger charge is 2.08. The highest BCUT2D eigenvalue weighted by molar-refractivity contribution is 5.97. The molecule has 2 N–H and O–H groups in total. The number of amides is 1. The van der Waals surface area contributed by atoms with Gasteiger partial charge in [0.2, 0.25) is 0 Å². The smallest absolute Gasteiger partial charge is 0.263 e. The van der Waals surface area contributed by atoms with Crippen LogP contribution in [-0.2, 0) is 11.2 Å². The Balaban J connectivity index is 1.86. The van der Waals surface area contributed by atoms with Gasteiger partial charge in [0.1, 0.15) is 17.4 Å². The Labute approximate surface area is 160 Å². The monoisotopic (exact) mass is 363 g/mol. The topological polar surface area (TPSA) is 74.1 Å². The number of nitrogens with zero attached hydrogens (tertiary/aromatic N) is 1. The summed E-state index contributed by atoms with van der Waals surface area (Å²) in [6.45, 7) is 4.71. The lowest BCUT2D eigenvalue weighted by Gasteiger charge is -2.08. The van der Waals surface area contributed by atoms with E-state index >= 15 is 0 Å². The van der Waals surface area contributed by atoms with E-state index in [1.54, 1.807) is 7.11 Å². The first-order chi connectivity index (χ1) is 13.0. The summed E-state index contributed by atoms with van der Waals surface area (Å²) in [5, 5.41) is 15.0. The Morgan fingerprint density at radius 1 is 1.15 bits per heavy atom. The third-order valence-electron chi connectivity index (χ3n) is 4.18. The first-order valence-corrected chi connectivity index (χ1v) is 8.91. The minimum atomic E-state index is -0.391. The number of hydrogen-bond donors (Lipinski definition) is 2. The highest BCUT2D eigenvalue weighted by Crippen LogP contribution is 2.17. The highest BCUT2D eigenvalue weighted by atomic mass is 16.5. The van der Waals surface area contributed by atoms with Crippen LogP contribution in [0.1, 0.15) is 30.9 Å². The van der Waals surface area contributed by atoms with Crippen LogP contribution in [0.15, 0.2) is 60.3 Å². The van der Waals surface area contributed by atoms with Crippen molar-refractivity contribution in [3.8, 4) is 11.8 Å². The first kappa shape index (κ1) is 20.1. The number of hydrogen-bond acceptors (Lipinski definition) is 4. The van der Waals surface area contributed by atoms with Crippen molar-refractivity contribution < 1.29 is 9.53 Å². The Bertz CT molecular complexity index is 816. The second-order valence-corrected chi connectivity index (χ2v) is 6.44. The molecule has 2 aromatic rings. The summed E-state index contributed by atoms with van der Waals surface area (Å²) >= 11 is 0. The lowest BCUT2D eigenvalue weighted by atomic mass is 10.0. The Morgan fingerprint density at radius 3 is 2.37 bits per heavy atom. The van der Waals surface area contributed by atoms with Gasteiger partial charge >= 0.3 is 0 Å². The van der Waals surface area contributed by atoms with Crippen LogP contribution in [-0.4, -0.2) is 19.6 Å². The molecule has 2 rings (SSSR count). The van der Waals surface area contributed by atoms with E-state index in [4.69, 9.17) is 4.74 Å². The number of ether oxygens (including phenoxy) is 1. The fraction of sp³-hybridized carbons (Fsp3) is 0.273. The van der Waals surface area contributed by atoms with Gasteiger partial charge in [-0.1, -0.05) is 38.1 Å². The molecule has 0 atom stereocenters. The minimum Gasteiger partial charge on any atom is -0.497 e. The summed E-state index contributed by atoms with van der Waals surface area (Å²) < 4.78 is 5.12. The van der Waals surface area contributed by atoms with Gasteiger partial charge in [0, 0.05) is 18.4 Å². The van der Waals surface area contributed by atoms with Crippen molar-refractivity contribution in [2.75, 3.05) is 19.0 Å². The summed E-state index contributed by atoms with van der Waals surface area (Å²) in [5.74, 6) is 0.864. The molecule has 0 aliphatic heterocycles. The quantitative estimate of drug-likeness (QED) is 0.549. The molecule has 140 valence electrons. The van der Waals surface area contributed by atoms with Gasteiger partial charge in [0.25, 0.3) is 5.91 Å². The van der Waals surface area contributed by atoms with Crippen LogP contribution in [0, 0.1) is 11.3 Å². The molecule has 5 nitrogen and oxygen atoms in total. The van der Waals surface area contributed by atoms with E-state index in [2.05, 4.69) is 24.5 Å². The molecule has 0 fully saturated rings. The molecule has 0 heterocycles. The molecule has 0 bridgehead atoms. The third-order valence-corrected chi connectivity index (χ3v) is 4.18. The van der Waals surface area contributed by atoms with Crippen molar-refractivity contribution in [2.24, 2.45) is 0 Å². The number of nitrogens with one attached hydrogen (secondary N) is 2. The zero-order valence-corrected chi connectivity index (χ0v) is 16.0. The van der Waals surface area contributed by atoms with Crippen molar-refractivity contribution in [1.82, 2.24) is 5.32 Å². The molecule has 0 aromatic heterocycles. The van der Waals surface area contributed by atoms with Gasteiger partial charge in [-0.3, -0.25) is 4.79 Å².